The largest absolute Gasteiger partial charge is 0.352 e. The molecule has 0 aliphatic heterocycles. The fourth-order valence-corrected chi connectivity index (χ4v) is 3.21. The van der Waals surface area contributed by atoms with Gasteiger partial charge in [0.2, 0.25) is 11.1 Å². The lowest BCUT2D eigenvalue weighted by Gasteiger charge is -2.10. The minimum Gasteiger partial charge on any atom is -0.352 e. The van der Waals surface area contributed by atoms with Gasteiger partial charge in [-0.1, -0.05) is 29.4 Å². The number of anilines is 2. The van der Waals surface area contributed by atoms with E-state index in [4.69, 9.17) is 16.1 Å². The standard InChI is InChI=1S/C22H23ClN4O3/c1-14-5-3-7-17(11-14)25-22(29)26-18-8-4-6-16(12-18)13-24-20(28)10-9-19-15(2)27-30-21(19)23/h3-8,11-12H,9-10,13H2,1-2H3,(H,24,28)(H2,25,26,29). The highest BCUT2D eigenvalue weighted by Crippen LogP contribution is 2.20. The van der Waals surface area contributed by atoms with E-state index in [-0.39, 0.29) is 23.6 Å². The summed E-state index contributed by atoms with van der Waals surface area (Å²) < 4.78 is 4.89. The lowest BCUT2D eigenvalue weighted by molar-refractivity contribution is -0.121. The molecule has 0 aliphatic rings. The fraction of sp³-hybridized carbons (Fsp3) is 0.227. The van der Waals surface area contributed by atoms with Crippen molar-refractivity contribution in [3.63, 3.8) is 0 Å². The minimum atomic E-state index is -0.331. The molecule has 156 valence electrons. The van der Waals surface area contributed by atoms with Crippen molar-refractivity contribution in [2.24, 2.45) is 0 Å². The summed E-state index contributed by atoms with van der Waals surface area (Å²) in [4.78, 5) is 24.4. The van der Waals surface area contributed by atoms with Gasteiger partial charge in [-0.15, -0.1) is 0 Å². The molecule has 0 aliphatic carbocycles. The molecular formula is C22H23ClN4O3. The lowest BCUT2D eigenvalue weighted by atomic mass is 10.1. The summed E-state index contributed by atoms with van der Waals surface area (Å²) in [6.07, 6.45) is 0.735. The first-order chi connectivity index (χ1) is 14.4. The number of aryl methyl sites for hydroxylation is 2. The molecule has 1 aromatic heterocycles. The van der Waals surface area contributed by atoms with E-state index in [9.17, 15) is 9.59 Å². The Morgan fingerprint density at radius 3 is 2.40 bits per heavy atom. The average molecular weight is 427 g/mol. The first kappa shape index (κ1) is 21.4. The van der Waals surface area contributed by atoms with Crippen molar-refractivity contribution in [1.82, 2.24) is 10.5 Å². The third-order valence-corrected chi connectivity index (χ3v) is 4.79. The van der Waals surface area contributed by atoms with Gasteiger partial charge in [0.25, 0.3) is 0 Å². The number of urea groups is 1. The second-order valence-corrected chi connectivity index (χ2v) is 7.29. The maximum Gasteiger partial charge on any atom is 0.323 e. The topological polar surface area (TPSA) is 96.3 Å². The van der Waals surface area contributed by atoms with Crippen LogP contribution in [-0.2, 0) is 17.8 Å². The second-order valence-electron chi connectivity index (χ2n) is 6.95. The molecule has 3 rings (SSSR count). The summed E-state index contributed by atoms with van der Waals surface area (Å²) in [6, 6.07) is 14.5. The zero-order valence-corrected chi connectivity index (χ0v) is 17.5. The molecule has 0 spiro atoms. The third-order valence-electron chi connectivity index (χ3n) is 4.49. The molecule has 8 heteroatoms. The monoisotopic (exact) mass is 426 g/mol. The Morgan fingerprint density at radius 2 is 1.73 bits per heavy atom. The summed E-state index contributed by atoms with van der Waals surface area (Å²) in [5, 5.41) is 12.5. The van der Waals surface area contributed by atoms with Gasteiger partial charge in [0.1, 0.15) is 0 Å². The molecule has 0 bridgehead atoms. The van der Waals surface area contributed by atoms with Crippen LogP contribution < -0.4 is 16.0 Å². The van der Waals surface area contributed by atoms with E-state index < -0.39 is 0 Å². The first-order valence-corrected chi connectivity index (χ1v) is 9.89. The highest BCUT2D eigenvalue weighted by Gasteiger charge is 2.12. The lowest BCUT2D eigenvalue weighted by Crippen LogP contribution is -2.23. The number of nitrogens with one attached hydrogen (secondary N) is 3. The Morgan fingerprint density at radius 1 is 1.03 bits per heavy atom. The van der Waals surface area contributed by atoms with Gasteiger partial charge < -0.3 is 20.5 Å². The van der Waals surface area contributed by atoms with Gasteiger partial charge in [-0.2, -0.15) is 0 Å². The smallest absolute Gasteiger partial charge is 0.323 e. The zero-order chi connectivity index (χ0) is 21.5. The number of carbonyl (C=O) groups is 2. The van der Waals surface area contributed by atoms with Crippen LogP contribution in [0.3, 0.4) is 0 Å². The number of halogens is 1. The number of hydrogen-bond donors (Lipinski definition) is 3. The van der Waals surface area contributed by atoms with E-state index in [0.29, 0.717) is 24.3 Å². The average Bonchev–Trinajstić information content (AvgIpc) is 3.02. The van der Waals surface area contributed by atoms with E-state index in [0.717, 1.165) is 22.4 Å². The number of nitrogens with zero attached hydrogens (tertiary/aromatic N) is 1. The highest BCUT2D eigenvalue weighted by molar-refractivity contribution is 6.29. The van der Waals surface area contributed by atoms with E-state index >= 15 is 0 Å². The van der Waals surface area contributed by atoms with Crippen LogP contribution in [-0.4, -0.2) is 17.1 Å². The van der Waals surface area contributed by atoms with Gasteiger partial charge in [0.15, 0.2) is 0 Å². The predicted octanol–water partition coefficient (Wildman–Crippen LogP) is 4.84. The van der Waals surface area contributed by atoms with Gasteiger partial charge >= 0.3 is 6.03 Å². The molecule has 0 unspecified atom stereocenters. The molecule has 7 nitrogen and oxygen atoms in total. The molecule has 2 aromatic carbocycles. The third kappa shape index (κ3) is 6.09. The molecule has 30 heavy (non-hydrogen) atoms. The van der Waals surface area contributed by atoms with Crippen molar-refractivity contribution >= 4 is 34.9 Å². The van der Waals surface area contributed by atoms with Crippen molar-refractivity contribution in [2.45, 2.75) is 33.2 Å². The van der Waals surface area contributed by atoms with Gasteiger partial charge in [0, 0.05) is 29.9 Å². The van der Waals surface area contributed by atoms with E-state index in [1.54, 1.807) is 13.0 Å². The van der Waals surface area contributed by atoms with Gasteiger partial charge in [-0.3, -0.25) is 4.79 Å². The maximum absolute atomic E-state index is 12.2. The molecule has 3 aromatic rings. The SMILES string of the molecule is Cc1cccc(NC(=O)Nc2cccc(CNC(=O)CCc3c(C)noc3Cl)c2)c1. The van der Waals surface area contributed by atoms with Crippen LogP contribution in [0.1, 0.15) is 28.8 Å². The Hall–Kier alpha value is -3.32. The van der Waals surface area contributed by atoms with Crippen molar-refractivity contribution in [3.8, 4) is 0 Å². The van der Waals surface area contributed by atoms with Crippen molar-refractivity contribution in [1.29, 1.82) is 0 Å². The first-order valence-electron chi connectivity index (χ1n) is 9.51. The summed E-state index contributed by atoms with van der Waals surface area (Å²) in [6.45, 7) is 4.10. The predicted molar refractivity (Wildman–Crippen MR) is 117 cm³/mol. The maximum atomic E-state index is 12.2. The van der Waals surface area contributed by atoms with Crippen LogP contribution >= 0.6 is 11.6 Å². The van der Waals surface area contributed by atoms with Crippen LogP contribution in [0.2, 0.25) is 5.22 Å². The number of aromatic nitrogens is 1. The summed E-state index contributed by atoms with van der Waals surface area (Å²) >= 11 is 5.92. The van der Waals surface area contributed by atoms with Crippen molar-refractivity contribution < 1.29 is 14.1 Å². The van der Waals surface area contributed by atoms with Crippen molar-refractivity contribution in [2.75, 3.05) is 10.6 Å². The van der Waals surface area contributed by atoms with Crippen LogP contribution in [0.4, 0.5) is 16.2 Å². The Bertz CT molecular complexity index is 1030. The number of rotatable bonds is 7. The van der Waals surface area contributed by atoms with Gasteiger partial charge in [-0.25, -0.2) is 4.79 Å². The highest BCUT2D eigenvalue weighted by atomic mass is 35.5. The number of carbonyl (C=O) groups excluding carboxylic acids is 2. The van der Waals surface area contributed by atoms with E-state index in [2.05, 4.69) is 21.1 Å². The second kappa shape index (κ2) is 9.93. The van der Waals surface area contributed by atoms with Crippen LogP contribution in [0.25, 0.3) is 0 Å². The quantitative estimate of drug-likeness (QED) is 0.503. The summed E-state index contributed by atoms with van der Waals surface area (Å²) in [7, 11) is 0. The Balaban J connectivity index is 1.49. The van der Waals surface area contributed by atoms with Crippen LogP contribution in [0.15, 0.2) is 53.1 Å². The molecule has 1 heterocycles. The fourth-order valence-electron chi connectivity index (χ4n) is 2.94. The summed E-state index contributed by atoms with van der Waals surface area (Å²) in [5.41, 5.74) is 4.73. The van der Waals surface area contributed by atoms with Crippen LogP contribution in [0, 0.1) is 13.8 Å². The molecule has 3 amide bonds. The minimum absolute atomic E-state index is 0.109. The molecule has 0 saturated heterocycles. The molecule has 0 saturated carbocycles. The Labute approximate surface area is 179 Å². The number of amides is 3. The zero-order valence-electron chi connectivity index (χ0n) is 16.8. The normalized spacial score (nSPS) is 10.5. The number of benzene rings is 2. The van der Waals surface area contributed by atoms with Gasteiger partial charge in [0.05, 0.1) is 5.69 Å². The molecule has 0 fully saturated rings. The number of hydrogen-bond acceptors (Lipinski definition) is 4. The van der Waals surface area contributed by atoms with E-state index in [1.165, 1.54) is 0 Å². The van der Waals surface area contributed by atoms with Crippen LogP contribution in [0.5, 0.6) is 0 Å². The van der Waals surface area contributed by atoms with E-state index in [1.807, 2.05) is 49.4 Å². The molecule has 0 radical (unpaired) electrons. The molecule has 0 atom stereocenters. The van der Waals surface area contributed by atoms with Gasteiger partial charge in [-0.05, 0) is 67.3 Å². The Kier molecular flexibility index (Phi) is 7.08. The molecule has 3 N–H and O–H groups in total. The van der Waals surface area contributed by atoms with Crippen molar-refractivity contribution in [3.05, 3.63) is 76.1 Å². The molecular weight excluding hydrogens is 404 g/mol. The summed E-state index contributed by atoms with van der Waals surface area (Å²) in [5.74, 6) is -0.109.